The van der Waals surface area contributed by atoms with Crippen molar-refractivity contribution in [2.45, 2.75) is 14.7 Å². The Bertz CT molecular complexity index is 1250. The molecule has 0 saturated heterocycles. The van der Waals surface area contributed by atoms with Gasteiger partial charge in [0, 0.05) is 16.5 Å². The third kappa shape index (κ3) is 12.8. The Kier molecular flexibility index (Phi) is 13.7. The second-order valence-corrected chi connectivity index (χ2v) is 12.4. The van der Waals surface area contributed by atoms with Crippen molar-refractivity contribution in [2.75, 3.05) is 0 Å². The predicted molar refractivity (Wildman–Crippen MR) is 137 cm³/mol. The molecule has 0 fully saturated rings. The molecule has 0 bridgehead atoms. The third-order valence-corrected chi connectivity index (χ3v) is 7.09. The van der Waals surface area contributed by atoms with Crippen molar-refractivity contribution in [3.63, 3.8) is 0 Å². The van der Waals surface area contributed by atoms with Crippen LogP contribution in [0.2, 0.25) is 0 Å². The van der Waals surface area contributed by atoms with E-state index in [0.29, 0.717) is 0 Å². The molecule has 3 rings (SSSR count). The summed E-state index contributed by atoms with van der Waals surface area (Å²) in [5, 5.41) is 2.17. The van der Waals surface area contributed by atoms with Gasteiger partial charge in [0.15, 0.2) is 0 Å². The number of benzene rings is 3. The Labute approximate surface area is 215 Å². The SMILES string of the molecule is O=S(=O)(O)c1cccc(P)c1.O=S(=O)(O)c1cccc(P)c1.O=S(=O)(O)c1cccc(P)c1.[Ni]. The van der Waals surface area contributed by atoms with Crippen molar-refractivity contribution in [2.24, 2.45) is 0 Å². The van der Waals surface area contributed by atoms with E-state index in [9.17, 15) is 25.3 Å². The number of rotatable bonds is 3. The monoisotopic (exact) mass is 628 g/mol. The first-order valence-corrected chi connectivity index (χ1v) is 14.5. The van der Waals surface area contributed by atoms with E-state index in [1.807, 2.05) is 0 Å². The van der Waals surface area contributed by atoms with Gasteiger partial charge in [0.05, 0.1) is 14.7 Å². The Morgan fingerprint density at radius 2 is 0.676 bits per heavy atom. The molecule has 190 valence electrons. The zero-order chi connectivity index (χ0) is 25.4. The third-order valence-electron chi connectivity index (χ3n) is 3.47. The predicted octanol–water partition coefficient (Wildman–Crippen LogP) is 1.30. The van der Waals surface area contributed by atoms with Crippen LogP contribution in [0.25, 0.3) is 0 Å². The quantitative estimate of drug-likeness (QED) is 0.220. The standard InChI is InChI=1S/3C6H7O3PS.Ni/c3*7-11(8,9)6-3-1-2-5(10)4-6;/h3*1-4H,10H2,(H,7,8,9);. The molecule has 3 aromatic carbocycles. The second-order valence-electron chi connectivity index (χ2n) is 6.14. The van der Waals surface area contributed by atoms with Gasteiger partial charge in [0.25, 0.3) is 30.4 Å². The second kappa shape index (κ2) is 14.0. The van der Waals surface area contributed by atoms with Gasteiger partial charge in [0.2, 0.25) is 0 Å². The number of hydrogen-bond acceptors (Lipinski definition) is 6. The average molecular weight is 629 g/mol. The van der Waals surface area contributed by atoms with Crippen molar-refractivity contribution in [1.82, 2.24) is 0 Å². The summed E-state index contributed by atoms with van der Waals surface area (Å²) in [5.74, 6) is 0. The van der Waals surface area contributed by atoms with Crippen LogP contribution in [0.4, 0.5) is 0 Å². The van der Waals surface area contributed by atoms with Crippen LogP contribution in [0.3, 0.4) is 0 Å². The van der Waals surface area contributed by atoms with Crippen molar-refractivity contribution >= 4 is 74.0 Å². The fourth-order valence-electron chi connectivity index (χ4n) is 2.03. The maximum atomic E-state index is 10.5. The van der Waals surface area contributed by atoms with Crippen LogP contribution in [0.15, 0.2) is 87.5 Å². The molecule has 34 heavy (non-hydrogen) atoms. The van der Waals surface area contributed by atoms with Gasteiger partial charge in [-0.15, -0.1) is 27.7 Å². The molecule has 0 aliphatic heterocycles. The molecule has 0 aliphatic rings. The smallest absolute Gasteiger partial charge is 0.282 e. The van der Waals surface area contributed by atoms with Gasteiger partial charge in [-0.25, -0.2) is 0 Å². The normalized spacial score (nSPS) is 11.1. The Morgan fingerprint density at radius 1 is 0.471 bits per heavy atom. The molecule has 0 spiro atoms. The topological polar surface area (TPSA) is 163 Å². The van der Waals surface area contributed by atoms with Crippen LogP contribution in [0.1, 0.15) is 0 Å². The summed E-state index contributed by atoms with van der Waals surface area (Å²) in [6.07, 6.45) is 0. The van der Waals surface area contributed by atoms with Gasteiger partial charge in [-0.1, -0.05) is 36.4 Å². The van der Waals surface area contributed by atoms with Gasteiger partial charge < -0.3 is 0 Å². The van der Waals surface area contributed by atoms with E-state index in [1.54, 1.807) is 36.4 Å². The summed E-state index contributed by atoms with van der Waals surface area (Å²) in [4.78, 5) is -0.236. The Balaban J connectivity index is 0.000000473. The van der Waals surface area contributed by atoms with E-state index in [1.165, 1.54) is 36.4 Å². The van der Waals surface area contributed by atoms with Gasteiger partial charge in [-0.3, -0.25) is 13.7 Å². The molecular weight excluding hydrogens is 608 g/mol. The van der Waals surface area contributed by atoms with Gasteiger partial charge >= 0.3 is 0 Å². The van der Waals surface area contributed by atoms with E-state index >= 15 is 0 Å². The summed E-state index contributed by atoms with van der Waals surface area (Å²) >= 11 is 0. The summed E-state index contributed by atoms with van der Waals surface area (Å²) in [6, 6.07) is 18.0. The van der Waals surface area contributed by atoms with E-state index in [2.05, 4.69) is 27.7 Å². The molecule has 0 amide bonds. The van der Waals surface area contributed by atoms with Crippen LogP contribution < -0.4 is 15.9 Å². The summed E-state index contributed by atoms with van der Waals surface area (Å²) in [5.41, 5.74) is 0. The Hall–Kier alpha value is -0.826. The van der Waals surface area contributed by atoms with Crippen LogP contribution in [-0.4, -0.2) is 38.9 Å². The molecule has 16 heteroatoms. The molecule has 3 aromatic rings. The van der Waals surface area contributed by atoms with Gasteiger partial charge in [-0.2, -0.15) is 25.3 Å². The van der Waals surface area contributed by atoms with Crippen molar-refractivity contribution < 1.29 is 55.4 Å². The molecule has 3 N–H and O–H groups in total. The molecule has 0 heterocycles. The largest absolute Gasteiger partial charge is 0.294 e. The van der Waals surface area contributed by atoms with E-state index in [0.717, 1.165) is 15.9 Å². The van der Waals surface area contributed by atoms with Crippen molar-refractivity contribution in [3.05, 3.63) is 72.8 Å². The van der Waals surface area contributed by atoms with Crippen LogP contribution in [-0.2, 0) is 46.8 Å². The first-order chi connectivity index (χ1) is 15.0. The first kappa shape index (κ1) is 33.2. The molecule has 0 aromatic heterocycles. The first-order valence-electron chi connectivity index (χ1n) is 8.49. The van der Waals surface area contributed by atoms with Crippen LogP contribution in [0, 0.1) is 0 Å². The summed E-state index contributed by atoms with van der Waals surface area (Å²) < 4.78 is 88.9. The molecule has 0 radical (unpaired) electrons. The summed E-state index contributed by atoms with van der Waals surface area (Å²) in [6.45, 7) is 0. The zero-order valence-corrected chi connectivity index (χ0v) is 23.9. The fraction of sp³-hybridized carbons (Fsp3) is 0. The average Bonchev–Trinajstić information content (AvgIpc) is 2.67. The number of hydrogen-bond donors (Lipinski definition) is 3. The molecule has 0 saturated carbocycles. The molecular formula is C18H21NiO9P3S3. The van der Waals surface area contributed by atoms with E-state index in [4.69, 9.17) is 13.7 Å². The zero-order valence-electron chi connectivity index (χ0n) is 17.0. The maximum Gasteiger partial charge on any atom is 0.294 e. The molecule has 3 atom stereocenters. The van der Waals surface area contributed by atoms with Crippen LogP contribution in [0.5, 0.6) is 0 Å². The Morgan fingerprint density at radius 3 is 0.794 bits per heavy atom. The van der Waals surface area contributed by atoms with Crippen LogP contribution >= 0.6 is 27.7 Å². The van der Waals surface area contributed by atoms with Crippen molar-refractivity contribution in [1.29, 1.82) is 0 Å². The van der Waals surface area contributed by atoms with Gasteiger partial charge in [0.1, 0.15) is 0 Å². The van der Waals surface area contributed by atoms with Crippen molar-refractivity contribution in [3.8, 4) is 0 Å². The molecule has 3 unspecified atom stereocenters. The fourth-order valence-corrected chi connectivity index (χ4v) is 4.87. The van der Waals surface area contributed by atoms with Gasteiger partial charge in [-0.05, 0) is 52.3 Å². The van der Waals surface area contributed by atoms with E-state index in [-0.39, 0.29) is 31.2 Å². The minimum Gasteiger partial charge on any atom is -0.282 e. The minimum absolute atomic E-state index is 0. The minimum atomic E-state index is -4.04. The maximum absolute atomic E-state index is 10.5. The molecule has 0 aliphatic carbocycles. The molecule has 9 nitrogen and oxygen atoms in total. The summed E-state index contributed by atoms with van der Waals surface area (Å²) in [7, 11) is -5.08. The van der Waals surface area contributed by atoms with E-state index < -0.39 is 30.4 Å².